The van der Waals surface area contributed by atoms with Crippen molar-refractivity contribution in [3.63, 3.8) is 0 Å². The van der Waals surface area contributed by atoms with Crippen molar-refractivity contribution >= 4 is 23.1 Å². The van der Waals surface area contributed by atoms with Crippen molar-refractivity contribution in [1.82, 2.24) is 0 Å². The Morgan fingerprint density at radius 1 is 1.07 bits per heavy atom. The predicted octanol–water partition coefficient (Wildman–Crippen LogP) is 3.13. The van der Waals surface area contributed by atoms with Crippen LogP contribution in [-0.4, -0.2) is 45.1 Å². The molecule has 2 aromatic carbocycles. The molecule has 1 fully saturated rings. The maximum absolute atomic E-state index is 12.3. The summed E-state index contributed by atoms with van der Waals surface area (Å²) >= 11 is 0. The van der Waals surface area contributed by atoms with E-state index >= 15 is 0 Å². The lowest BCUT2D eigenvalue weighted by molar-refractivity contribution is -0.116. The number of hydrogen-bond donors (Lipinski definition) is 1. The van der Waals surface area contributed by atoms with Crippen LogP contribution in [0.4, 0.5) is 11.4 Å². The van der Waals surface area contributed by atoms with Gasteiger partial charge in [0.05, 0.1) is 20.3 Å². The largest absolute Gasteiger partial charge is 0.497 e. The van der Waals surface area contributed by atoms with Crippen LogP contribution in [0.1, 0.15) is 23.2 Å². The quantitative estimate of drug-likeness (QED) is 0.761. The number of nitrogens with one attached hydrogen (secondary N) is 1. The summed E-state index contributed by atoms with van der Waals surface area (Å²) in [5, 5.41) is 2.88. The highest BCUT2D eigenvalue weighted by Gasteiger charge is 2.13. The molecule has 0 radical (unpaired) electrons. The molecule has 6 heteroatoms. The molecule has 0 aromatic heterocycles. The van der Waals surface area contributed by atoms with E-state index in [9.17, 15) is 9.59 Å². The van der Waals surface area contributed by atoms with Crippen LogP contribution in [0.2, 0.25) is 0 Å². The highest BCUT2D eigenvalue weighted by atomic mass is 16.5. The second kappa shape index (κ2) is 9.19. The summed E-state index contributed by atoms with van der Waals surface area (Å²) in [6, 6.07) is 14.7. The number of benzene rings is 2. The van der Waals surface area contributed by atoms with E-state index in [2.05, 4.69) is 10.2 Å². The third-order valence-corrected chi connectivity index (χ3v) is 4.48. The smallest absolute Gasteiger partial charge is 0.224 e. The molecule has 0 saturated carbocycles. The van der Waals surface area contributed by atoms with Gasteiger partial charge in [-0.1, -0.05) is 18.2 Å². The molecular weight excluding hydrogens is 344 g/mol. The number of amides is 1. The average molecular weight is 368 g/mol. The molecule has 0 bridgehead atoms. The SMILES string of the molecule is COc1cccc(C(=O)CCC(=O)Nc2cccc(N3CCOCC3)c2)c1. The van der Waals surface area contributed by atoms with Gasteiger partial charge >= 0.3 is 0 Å². The number of rotatable bonds is 7. The van der Waals surface area contributed by atoms with Crippen molar-refractivity contribution in [2.24, 2.45) is 0 Å². The Bertz CT molecular complexity index is 800. The molecule has 1 heterocycles. The number of anilines is 2. The van der Waals surface area contributed by atoms with Crippen LogP contribution < -0.4 is 15.0 Å². The van der Waals surface area contributed by atoms with Gasteiger partial charge in [-0.3, -0.25) is 9.59 Å². The van der Waals surface area contributed by atoms with Gasteiger partial charge in [-0.2, -0.15) is 0 Å². The third-order valence-electron chi connectivity index (χ3n) is 4.48. The van der Waals surface area contributed by atoms with E-state index in [1.165, 1.54) is 0 Å². The van der Waals surface area contributed by atoms with E-state index in [-0.39, 0.29) is 24.5 Å². The molecule has 1 amide bonds. The Labute approximate surface area is 159 Å². The van der Waals surface area contributed by atoms with Crippen molar-refractivity contribution in [3.8, 4) is 5.75 Å². The van der Waals surface area contributed by atoms with Crippen molar-refractivity contribution in [3.05, 3.63) is 54.1 Å². The van der Waals surface area contributed by atoms with Crippen molar-refractivity contribution in [2.45, 2.75) is 12.8 Å². The third kappa shape index (κ3) is 5.31. The predicted molar refractivity (Wildman–Crippen MR) is 105 cm³/mol. The standard InChI is InChI=1S/C21H24N2O4/c1-26-19-7-2-4-16(14-19)20(24)8-9-21(25)22-17-5-3-6-18(15-17)23-10-12-27-13-11-23/h2-7,14-15H,8-13H2,1H3,(H,22,25). The summed E-state index contributed by atoms with van der Waals surface area (Å²) in [5.74, 6) is 0.377. The topological polar surface area (TPSA) is 67.9 Å². The van der Waals surface area contributed by atoms with E-state index in [0.29, 0.717) is 24.5 Å². The molecule has 0 aliphatic carbocycles. The second-order valence-corrected chi connectivity index (χ2v) is 6.35. The minimum absolute atomic E-state index is 0.0777. The zero-order valence-electron chi connectivity index (χ0n) is 15.4. The summed E-state index contributed by atoms with van der Waals surface area (Å²) < 4.78 is 10.5. The first-order chi connectivity index (χ1) is 13.2. The highest BCUT2D eigenvalue weighted by molar-refractivity contribution is 6.00. The first kappa shape index (κ1) is 18.9. The molecule has 2 aromatic rings. The van der Waals surface area contributed by atoms with E-state index in [4.69, 9.17) is 9.47 Å². The van der Waals surface area contributed by atoms with Crippen LogP contribution in [0.5, 0.6) is 5.75 Å². The van der Waals surface area contributed by atoms with Gasteiger partial charge in [-0.05, 0) is 30.3 Å². The van der Waals surface area contributed by atoms with Gasteiger partial charge in [0.2, 0.25) is 5.91 Å². The molecular formula is C21H24N2O4. The first-order valence-corrected chi connectivity index (χ1v) is 9.05. The fraction of sp³-hybridized carbons (Fsp3) is 0.333. The van der Waals surface area contributed by atoms with Crippen LogP contribution in [0.25, 0.3) is 0 Å². The normalized spacial score (nSPS) is 13.9. The number of nitrogens with zero attached hydrogens (tertiary/aromatic N) is 1. The lowest BCUT2D eigenvalue weighted by atomic mass is 10.1. The van der Waals surface area contributed by atoms with Crippen molar-refractivity contribution in [1.29, 1.82) is 0 Å². The Kier molecular flexibility index (Phi) is 6.44. The first-order valence-electron chi connectivity index (χ1n) is 9.05. The summed E-state index contributed by atoms with van der Waals surface area (Å²) in [4.78, 5) is 26.7. The molecule has 3 rings (SSSR count). The maximum atomic E-state index is 12.3. The molecule has 0 unspecified atom stereocenters. The number of morpholine rings is 1. The van der Waals surface area contributed by atoms with Crippen LogP contribution in [0.15, 0.2) is 48.5 Å². The summed E-state index contributed by atoms with van der Waals surface area (Å²) in [7, 11) is 1.56. The molecule has 1 aliphatic heterocycles. The maximum Gasteiger partial charge on any atom is 0.224 e. The van der Waals surface area contributed by atoms with Gasteiger partial charge in [-0.25, -0.2) is 0 Å². The van der Waals surface area contributed by atoms with E-state index in [1.807, 2.05) is 24.3 Å². The zero-order chi connectivity index (χ0) is 19.1. The van der Waals surface area contributed by atoms with Crippen LogP contribution in [-0.2, 0) is 9.53 Å². The van der Waals surface area contributed by atoms with E-state index in [1.54, 1.807) is 31.4 Å². The molecule has 6 nitrogen and oxygen atoms in total. The lowest BCUT2D eigenvalue weighted by Crippen LogP contribution is -2.36. The average Bonchev–Trinajstić information content (AvgIpc) is 2.73. The molecule has 1 aliphatic rings. The molecule has 27 heavy (non-hydrogen) atoms. The summed E-state index contributed by atoms with van der Waals surface area (Å²) in [6.07, 6.45) is 0.292. The molecule has 1 saturated heterocycles. The molecule has 142 valence electrons. The van der Waals surface area contributed by atoms with Gasteiger partial charge in [0.25, 0.3) is 0 Å². The van der Waals surface area contributed by atoms with E-state index in [0.717, 1.165) is 24.5 Å². The summed E-state index contributed by atoms with van der Waals surface area (Å²) in [6.45, 7) is 3.10. The van der Waals surface area contributed by atoms with Gasteiger partial charge in [-0.15, -0.1) is 0 Å². The van der Waals surface area contributed by atoms with Gasteiger partial charge in [0.1, 0.15) is 5.75 Å². The Morgan fingerprint density at radius 3 is 2.63 bits per heavy atom. The van der Waals surface area contributed by atoms with Crippen LogP contribution >= 0.6 is 0 Å². The second-order valence-electron chi connectivity index (χ2n) is 6.35. The Hall–Kier alpha value is -2.86. The number of Topliss-reactive ketones (excluding diaryl/α,β-unsaturated/α-hetero) is 1. The fourth-order valence-corrected chi connectivity index (χ4v) is 2.99. The number of ketones is 1. The zero-order valence-corrected chi connectivity index (χ0v) is 15.4. The van der Waals surface area contributed by atoms with Gasteiger partial charge in [0.15, 0.2) is 5.78 Å². The van der Waals surface area contributed by atoms with Gasteiger partial charge < -0.3 is 19.7 Å². The number of methoxy groups -OCH3 is 1. The molecule has 0 atom stereocenters. The lowest BCUT2D eigenvalue weighted by Gasteiger charge is -2.29. The van der Waals surface area contributed by atoms with Crippen LogP contribution in [0.3, 0.4) is 0 Å². The minimum atomic E-state index is -0.176. The van der Waals surface area contributed by atoms with Crippen molar-refractivity contribution in [2.75, 3.05) is 43.6 Å². The number of ether oxygens (including phenoxy) is 2. The number of hydrogen-bond acceptors (Lipinski definition) is 5. The summed E-state index contributed by atoms with van der Waals surface area (Å²) in [5.41, 5.74) is 2.35. The monoisotopic (exact) mass is 368 g/mol. The minimum Gasteiger partial charge on any atom is -0.497 e. The Morgan fingerprint density at radius 2 is 1.85 bits per heavy atom. The fourth-order valence-electron chi connectivity index (χ4n) is 2.99. The van der Waals surface area contributed by atoms with Crippen molar-refractivity contribution < 1.29 is 19.1 Å². The van der Waals surface area contributed by atoms with Crippen LogP contribution in [0, 0.1) is 0 Å². The highest BCUT2D eigenvalue weighted by Crippen LogP contribution is 2.21. The van der Waals surface area contributed by atoms with Gasteiger partial charge in [0, 0.05) is 42.9 Å². The number of carbonyl (C=O) groups excluding carboxylic acids is 2. The van der Waals surface area contributed by atoms with E-state index < -0.39 is 0 Å². The Balaban J connectivity index is 1.53. The molecule has 1 N–H and O–H groups in total. The number of carbonyl (C=O) groups is 2. The molecule has 0 spiro atoms.